The quantitative estimate of drug-likeness (QED) is 0.582. The van der Waals surface area contributed by atoms with Crippen LogP contribution >= 0.6 is 22.9 Å². The van der Waals surface area contributed by atoms with Gasteiger partial charge in [0.25, 0.3) is 0 Å². The van der Waals surface area contributed by atoms with E-state index in [4.69, 9.17) is 11.6 Å². The highest BCUT2D eigenvalue weighted by Gasteiger charge is 2.22. The van der Waals surface area contributed by atoms with E-state index >= 15 is 0 Å². The van der Waals surface area contributed by atoms with E-state index in [1.165, 1.54) is 4.88 Å². The highest BCUT2D eigenvalue weighted by Crippen LogP contribution is 2.19. The van der Waals surface area contributed by atoms with Gasteiger partial charge in [-0.25, -0.2) is 0 Å². The molecule has 2 aromatic rings. The third kappa shape index (κ3) is 7.00. The number of carbonyl (C=O) groups excluding carboxylic acids is 2. The Morgan fingerprint density at radius 2 is 1.70 bits per heavy atom. The number of hydrogen-bond acceptors (Lipinski definition) is 3. The molecule has 0 unspecified atom stereocenters. The molecule has 2 rings (SSSR count). The first kappa shape index (κ1) is 21.5. The van der Waals surface area contributed by atoms with Crippen molar-refractivity contribution in [1.82, 2.24) is 9.80 Å². The molecule has 6 heteroatoms. The van der Waals surface area contributed by atoms with E-state index in [0.717, 1.165) is 10.4 Å². The second kappa shape index (κ2) is 10.5. The standard InChI is InChI=1S/C21H27ClN2O2S/c1-16(2)12-23(20(25)11-22)15-21(26)24(13-18-7-5-4-6-8-18)14-19-10-9-17(3)27-19/h4-10,16H,11-15H2,1-3H3. The number of aryl methyl sites for hydroxylation is 1. The van der Waals surface area contributed by atoms with Gasteiger partial charge in [-0.05, 0) is 30.5 Å². The van der Waals surface area contributed by atoms with E-state index in [-0.39, 0.29) is 30.2 Å². The van der Waals surface area contributed by atoms with Crippen molar-refractivity contribution in [3.05, 3.63) is 57.8 Å². The average Bonchev–Trinajstić information content (AvgIpc) is 3.05. The van der Waals surface area contributed by atoms with Crippen LogP contribution in [0.25, 0.3) is 0 Å². The summed E-state index contributed by atoms with van der Waals surface area (Å²) < 4.78 is 0. The van der Waals surface area contributed by atoms with Gasteiger partial charge in [-0.15, -0.1) is 22.9 Å². The summed E-state index contributed by atoms with van der Waals surface area (Å²) in [5, 5.41) is 0. The predicted octanol–water partition coefficient (Wildman–Crippen LogP) is 4.31. The number of alkyl halides is 1. The molecule has 0 bridgehead atoms. The highest BCUT2D eigenvalue weighted by molar-refractivity contribution is 7.11. The summed E-state index contributed by atoms with van der Waals surface area (Å²) in [6.07, 6.45) is 0. The van der Waals surface area contributed by atoms with Gasteiger partial charge in [0, 0.05) is 22.8 Å². The maximum absolute atomic E-state index is 13.1. The lowest BCUT2D eigenvalue weighted by atomic mass is 10.2. The number of rotatable bonds is 9. The van der Waals surface area contributed by atoms with Crippen LogP contribution in [0.3, 0.4) is 0 Å². The number of hydrogen-bond donors (Lipinski definition) is 0. The molecule has 0 fully saturated rings. The Balaban J connectivity index is 2.16. The molecular formula is C21H27ClN2O2S. The van der Waals surface area contributed by atoms with Crippen LogP contribution in [-0.4, -0.2) is 40.6 Å². The Hall–Kier alpha value is -1.85. The lowest BCUT2D eigenvalue weighted by molar-refractivity contribution is -0.140. The topological polar surface area (TPSA) is 40.6 Å². The van der Waals surface area contributed by atoms with Crippen molar-refractivity contribution >= 4 is 34.8 Å². The van der Waals surface area contributed by atoms with Crippen LogP contribution in [0.2, 0.25) is 0 Å². The lowest BCUT2D eigenvalue weighted by Crippen LogP contribution is -2.44. The summed E-state index contributed by atoms with van der Waals surface area (Å²) in [7, 11) is 0. The smallest absolute Gasteiger partial charge is 0.242 e. The summed E-state index contributed by atoms with van der Waals surface area (Å²) in [6.45, 7) is 7.73. The van der Waals surface area contributed by atoms with Crippen LogP contribution in [0, 0.1) is 12.8 Å². The van der Waals surface area contributed by atoms with Gasteiger partial charge in [0.15, 0.2) is 0 Å². The van der Waals surface area contributed by atoms with Crippen LogP contribution < -0.4 is 0 Å². The zero-order chi connectivity index (χ0) is 19.8. The maximum Gasteiger partial charge on any atom is 0.242 e. The average molecular weight is 407 g/mol. The SMILES string of the molecule is Cc1ccc(CN(Cc2ccccc2)C(=O)CN(CC(C)C)C(=O)CCl)s1. The van der Waals surface area contributed by atoms with Crippen molar-refractivity contribution in [2.24, 2.45) is 5.92 Å². The number of nitrogens with zero attached hydrogens (tertiary/aromatic N) is 2. The second-order valence-corrected chi connectivity index (χ2v) is 8.69. The van der Waals surface area contributed by atoms with E-state index in [1.807, 2.05) is 49.1 Å². The van der Waals surface area contributed by atoms with Crippen LogP contribution in [0.1, 0.15) is 29.2 Å². The minimum absolute atomic E-state index is 0.0565. The predicted molar refractivity (Wildman–Crippen MR) is 112 cm³/mol. The summed E-state index contributed by atoms with van der Waals surface area (Å²) in [6, 6.07) is 14.0. The molecule has 0 atom stereocenters. The van der Waals surface area contributed by atoms with Gasteiger partial charge < -0.3 is 9.80 Å². The molecule has 0 aliphatic heterocycles. The molecule has 0 saturated carbocycles. The maximum atomic E-state index is 13.1. The summed E-state index contributed by atoms with van der Waals surface area (Å²) in [4.78, 5) is 31.0. The molecule has 2 amide bonds. The molecule has 4 nitrogen and oxygen atoms in total. The van der Waals surface area contributed by atoms with Gasteiger partial charge in [0.05, 0.1) is 13.1 Å². The zero-order valence-electron chi connectivity index (χ0n) is 16.2. The molecule has 27 heavy (non-hydrogen) atoms. The largest absolute Gasteiger partial charge is 0.332 e. The van der Waals surface area contributed by atoms with Gasteiger partial charge in [0.1, 0.15) is 5.88 Å². The molecule has 0 spiro atoms. The Labute approximate surface area is 170 Å². The van der Waals surface area contributed by atoms with Crippen LogP contribution in [-0.2, 0) is 22.7 Å². The van der Waals surface area contributed by atoms with E-state index in [1.54, 1.807) is 16.2 Å². The second-order valence-electron chi connectivity index (χ2n) is 7.05. The number of carbonyl (C=O) groups is 2. The number of halogens is 1. The molecule has 0 radical (unpaired) electrons. The Morgan fingerprint density at radius 3 is 2.26 bits per heavy atom. The van der Waals surface area contributed by atoms with Crippen LogP contribution in [0.4, 0.5) is 0 Å². The van der Waals surface area contributed by atoms with E-state index in [2.05, 4.69) is 19.1 Å². The van der Waals surface area contributed by atoms with Crippen LogP contribution in [0.15, 0.2) is 42.5 Å². The van der Waals surface area contributed by atoms with E-state index in [0.29, 0.717) is 19.6 Å². The zero-order valence-corrected chi connectivity index (χ0v) is 17.7. The third-order valence-electron chi connectivity index (χ3n) is 4.09. The first-order valence-corrected chi connectivity index (χ1v) is 10.4. The normalized spacial score (nSPS) is 10.9. The Kier molecular flexibility index (Phi) is 8.32. The molecule has 0 N–H and O–H groups in total. The molecule has 0 aliphatic carbocycles. The molecule has 1 aromatic carbocycles. The van der Waals surface area contributed by atoms with E-state index in [9.17, 15) is 9.59 Å². The third-order valence-corrected chi connectivity index (χ3v) is 5.30. The molecule has 0 aliphatic rings. The van der Waals surface area contributed by atoms with E-state index < -0.39 is 0 Å². The lowest BCUT2D eigenvalue weighted by Gasteiger charge is -2.28. The van der Waals surface area contributed by atoms with Crippen molar-refractivity contribution < 1.29 is 9.59 Å². The van der Waals surface area contributed by atoms with Crippen molar-refractivity contribution in [3.63, 3.8) is 0 Å². The summed E-state index contributed by atoms with van der Waals surface area (Å²) >= 11 is 7.43. The number of thiophene rings is 1. The molecule has 146 valence electrons. The fraction of sp³-hybridized carbons (Fsp3) is 0.429. The van der Waals surface area contributed by atoms with Gasteiger partial charge in [0.2, 0.25) is 11.8 Å². The molecular weight excluding hydrogens is 380 g/mol. The molecule has 0 saturated heterocycles. The van der Waals surface area contributed by atoms with Gasteiger partial charge in [-0.3, -0.25) is 9.59 Å². The fourth-order valence-corrected chi connectivity index (χ4v) is 3.91. The Bertz CT molecular complexity index is 746. The van der Waals surface area contributed by atoms with Crippen molar-refractivity contribution in [2.75, 3.05) is 19.0 Å². The Morgan fingerprint density at radius 1 is 1.00 bits per heavy atom. The van der Waals surface area contributed by atoms with Gasteiger partial charge in [-0.2, -0.15) is 0 Å². The summed E-state index contributed by atoms with van der Waals surface area (Å²) in [5.41, 5.74) is 1.07. The first-order chi connectivity index (χ1) is 12.9. The van der Waals surface area contributed by atoms with Gasteiger partial charge >= 0.3 is 0 Å². The molecule has 1 aromatic heterocycles. The summed E-state index contributed by atoms with van der Waals surface area (Å²) in [5.74, 6) is -0.107. The fourth-order valence-electron chi connectivity index (χ4n) is 2.84. The molecule has 1 heterocycles. The van der Waals surface area contributed by atoms with Crippen molar-refractivity contribution in [3.8, 4) is 0 Å². The minimum atomic E-state index is -0.203. The van der Waals surface area contributed by atoms with Gasteiger partial charge in [-0.1, -0.05) is 44.2 Å². The minimum Gasteiger partial charge on any atom is -0.332 e. The van der Waals surface area contributed by atoms with Crippen molar-refractivity contribution in [2.45, 2.75) is 33.9 Å². The highest BCUT2D eigenvalue weighted by atomic mass is 35.5. The number of benzene rings is 1. The van der Waals surface area contributed by atoms with Crippen molar-refractivity contribution in [1.29, 1.82) is 0 Å². The monoisotopic (exact) mass is 406 g/mol. The van der Waals surface area contributed by atoms with Crippen LogP contribution in [0.5, 0.6) is 0 Å². The number of amides is 2. The first-order valence-electron chi connectivity index (χ1n) is 9.09.